The monoisotopic (exact) mass is 319 g/mol. The van der Waals surface area contributed by atoms with E-state index in [1.165, 1.54) is 10.5 Å². The molecule has 1 heterocycles. The Bertz CT molecular complexity index is 626. The van der Waals surface area contributed by atoms with Crippen LogP contribution in [0.4, 0.5) is 0 Å². The molecule has 0 aliphatic carbocycles. The van der Waals surface area contributed by atoms with Crippen LogP contribution < -0.4 is 0 Å². The van der Waals surface area contributed by atoms with Crippen LogP contribution in [0.3, 0.4) is 0 Å². The maximum absolute atomic E-state index is 12.1. The molecule has 0 atom stereocenters. The predicted molar refractivity (Wildman–Crippen MR) is 91.4 cm³/mol. The predicted octanol–water partition coefficient (Wildman–Crippen LogP) is 4.65. The van der Waals surface area contributed by atoms with Crippen LogP contribution in [0.5, 0.6) is 0 Å². The lowest BCUT2D eigenvalue weighted by atomic mass is 9.93. The Balaban J connectivity index is 1.90. The number of ketones is 1. The average molecular weight is 319 g/mol. The van der Waals surface area contributed by atoms with Crippen molar-refractivity contribution in [3.8, 4) is 0 Å². The molecule has 0 unspecified atom stereocenters. The van der Waals surface area contributed by atoms with E-state index in [2.05, 4.69) is 50.2 Å². The van der Waals surface area contributed by atoms with E-state index < -0.39 is 0 Å². The number of nitrogens with zero attached hydrogens (tertiary/aromatic N) is 1. The van der Waals surface area contributed by atoms with Crippen LogP contribution in [0.2, 0.25) is 0 Å². The number of benzene rings is 1. The van der Waals surface area contributed by atoms with Gasteiger partial charge in [0, 0.05) is 15.7 Å². The molecule has 2 rings (SSSR count). The van der Waals surface area contributed by atoms with Crippen molar-refractivity contribution in [3.63, 3.8) is 0 Å². The number of rotatable bonds is 5. The zero-order chi connectivity index (χ0) is 15.5. The minimum absolute atomic E-state index is 0.0493. The normalized spacial score (nSPS) is 11.6. The van der Waals surface area contributed by atoms with Gasteiger partial charge in [0.15, 0.2) is 0 Å². The molecule has 2 nitrogen and oxygen atoms in total. The Hall–Kier alpha value is -1.13. The fraction of sp³-hybridized carbons (Fsp3) is 0.412. The van der Waals surface area contributed by atoms with Gasteiger partial charge in [0.05, 0.1) is 17.9 Å². The third-order valence-electron chi connectivity index (χ3n) is 3.15. The van der Waals surface area contributed by atoms with Gasteiger partial charge in [-0.1, -0.05) is 39.0 Å². The molecule has 0 fully saturated rings. The highest BCUT2D eigenvalue weighted by Gasteiger charge is 2.18. The van der Waals surface area contributed by atoms with Gasteiger partial charge in [-0.15, -0.1) is 23.1 Å². The molecule has 0 spiro atoms. The second-order valence-corrected chi connectivity index (χ2v) is 8.11. The van der Waals surface area contributed by atoms with Crippen molar-refractivity contribution < 1.29 is 4.79 Å². The molecule has 1 aromatic heterocycles. The van der Waals surface area contributed by atoms with Gasteiger partial charge in [0.2, 0.25) is 0 Å². The molecule has 0 saturated heterocycles. The minimum Gasteiger partial charge on any atom is -0.298 e. The number of carbonyl (C=O) groups excluding carboxylic acids is 1. The van der Waals surface area contributed by atoms with Gasteiger partial charge in [0.25, 0.3) is 0 Å². The Kier molecular flexibility index (Phi) is 5.22. The highest BCUT2D eigenvalue weighted by Crippen LogP contribution is 2.25. The van der Waals surface area contributed by atoms with Crippen molar-refractivity contribution in [2.75, 3.05) is 5.75 Å². The van der Waals surface area contributed by atoms with Crippen LogP contribution in [0.25, 0.3) is 0 Å². The largest absolute Gasteiger partial charge is 0.298 e. The summed E-state index contributed by atoms with van der Waals surface area (Å²) in [6, 6.07) is 8.17. The van der Waals surface area contributed by atoms with E-state index in [1.54, 1.807) is 23.1 Å². The number of thioether (sulfide) groups is 1. The van der Waals surface area contributed by atoms with E-state index in [4.69, 9.17) is 0 Å². The molecular weight excluding hydrogens is 298 g/mol. The summed E-state index contributed by atoms with van der Waals surface area (Å²) in [6.45, 7) is 8.49. The lowest BCUT2D eigenvalue weighted by Crippen LogP contribution is -2.12. The van der Waals surface area contributed by atoms with Crippen molar-refractivity contribution >= 4 is 28.9 Å². The van der Waals surface area contributed by atoms with Gasteiger partial charge < -0.3 is 0 Å². The summed E-state index contributed by atoms with van der Waals surface area (Å²) < 4.78 is 0. The van der Waals surface area contributed by atoms with E-state index >= 15 is 0 Å². The first-order valence-corrected chi connectivity index (χ1v) is 8.88. The number of aryl methyl sites for hydroxylation is 1. The molecule has 2 aromatic rings. The second-order valence-electron chi connectivity index (χ2n) is 6.15. The summed E-state index contributed by atoms with van der Waals surface area (Å²) in [4.78, 5) is 17.9. The molecule has 0 aliphatic heterocycles. The van der Waals surface area contributed by atoms with Crippen molar-refractivity contribution in [3.05, 3.63) is 45.9 Å². The van der Waals surface area contributed by atoms with Gasteiger partial charge in [-0.3, -0.25) is 4.79 Å². The smallest absolute Gasteiger partial charge is 0.149 e. The highest BCUT2D eigenvalue weighted by atomic mass is 32.2. The zero-order valence-electron chi connectivity index (χ0n) is 13.0. The van der Waals surface area contributed by atoms with E-state index in [9.17, 15) is 4.79 Å². The van der Waals surface area contributed by atoms with Gasteiger partial charge in [-0.25, -0.2) is 4.98 Å². The van der Waals surface area contributed by atoms with E-state index in [0.29, 0.717) is 12.2 Å². The van der Waals surface area contributed by atoms with Crippen LogP contribution in [0.1, 0.15) is 37.0 Å². The molecule has 0 saturated carbocycles. The van der Waals surface area contributed by atoms with Gasteiger partial charge in [-0.05, 0) is 18.6 Å². The minimum atomic E-state index is 0.0493. The number of Topliss-reactive ketones (excluding diaryl/α,β-unsaturated/α-hetero) is 1. The first-order chi connectivity index (χ1) is 9.86. The first-order valence-electron chi connectivity index (χ1n) is 7.01. The molecule has 0 bridgehead atoms. The third-order valence-corrected chi connectivity index (χ3v) is 5.24. The molecule has 4 heteroatoms. The third kappa shape index (κ3) is 4.68. The molecule has 0 N–H and O–H groups in total. The lowest BCUT2D eigenvalue weighted by molar-refractivity contribution is -0.116. The first kappa shape index (κ1) is 16.2. The summed E-state index contributed by atoms with van der Waals surface area (Å²) in [6.07, 6.45) is 0.444. The highest BCUT2D eigenvalue weighted by molar-refractivity contribution is 8.00. The molecule has 0 aliphatic rings. The maximum Gasteiger partial charge on any atom is 0.149 e. The Labute approximate surface area is 135 Å². The van der Waals surface area contributed by atoms with Crippen molar-refractivity contribution in [1.82, 2.24) is 4.98 Å². The number of thiazole rings is 1. The van der Waals surface area contributed by atoms with Gasteiger partial charge in [0.1, 0.15) is 10.8 Å². The Morgan fingerprint density at radius 1 is 1.29 bits per heavy atom. The van der Waals surface area contributed by atoms with Crippen molar-refractivity contribution in [2.45, 2.75) is 44.4 Å². The van der Waals surface area contributed by atoms with Crippen LogP contribution in [-0.4, -0.2) is 16.5 Å². The Morgan fingerprint density at radius 2 is 2.00 bits per heavy atom. The number of aromatic nitrogens is 1. The van der Waals surface area contributed by atoms with Gasteiger partial charge >= 0.3 is 0 Å². The number of hydrogen-bond donors (Lipinski definition) is 0. The summed E-state index contributed by atoms with van der Waals surface area (Å²) in [7, 11) is 0. The summed E-state index contributed by atoms with van der Waals surface area (Å²) in [5.74, 6) is 0.744. The van der Waals surface area contributed by atoms with E-state index in [-0.39, 0.29) is 11.2 Å². The second kappa shape index (κ2) is 6.75. The molecule has 1 aromatic carbocycles. The van der Waals surface area contributed by atoms with Gasteiger partial charge in [-0.2, -0.15) is 0 Å². The topological polar surface area (TPSA) is 30.0 Å². The summed E-state index contributed by atoms with van der Waals surface area (Å²) in [5.41, 5.74) is 2.34. The molecule has 0 amide bonds. The van der Waals surface area contributed by atoms with Crippen LogP contribution in [0.15, 0.2) is 34.5 Å². The number of carbonyl (C=O) groups is 1. The average Bonchev–Trinajstić information content (AvgIpc) is 2.86. The van der Waals surface area contributed by atoms with Crippen LogP contribution >= 0.6 is 23.1 Å². The fourth-order valence-electron chi connectivity index (χ4n) is 1.83. The maximum atomic E-state index is 12.1. The summed E-state index contributed by atoms with van der Waals surface area (Å²) in [5, 5.41) is 2.99. The van der Waals surface area contributed by atoms with Crippen LogP contribution in [0, 0.1) is 6.92 Å². The standard InChI is InChI=1S/C17H21NOS2/c1-12-7-5-6-8-14(12)20-10-13(19)9-16-18-15(11-21-16)17(2,3)4/h5-8,11H,9-10H2,1-4H3. The zero-order valence-corrected chi connectivity index (χ0v) is 14.6. The molecule has 0 radical (unpaired) electrons. The fourth-order valence-corrected chi connectivity index (χ4v) is 3.77. The quantitative estimate of drug-likeness (QED) is 0.751. The van der Waals surface area contributed by atoms with E-state index in [1.807, 2.05) is 12.1 Å². The SMILES string of the molecule is Cc1ccccc1SCC(=O)Cc1nc(C(C)(C)C)cs1. The molecular formula is C17H21NOS2. The molecule has 21 heavy (non-hydrogen) atoms. The Morgan fingerprint density at radius 3 is 2.62 bits per heavy atom. The molecule has 112 valence electrons. The number of hydrogen-bond acceptors (Lipinski definition) is 4. The van der Waals surface area contributed by atoms with Crippen molar-refractivity contribution in [2.24, 2.45) is 0 Å². The summed E-state index contributed by atoms with van der Waals surface area (Å²) >= 11 is 3.20. The van der Waals surface area contributed by atoms with Crippen molar-refractivity contribution in [1.29, 1.82) is 0 Å². The lowest BCUT2D eigenvalue weighted by Gasteiger charge is -2.14. The van der Waals surface area contributed by atoms with E-state index in [0.717, 1.165) is 10.7 Å². The van der Waals surface area contributed by atoms with Crippen LogP contribution in [-0.2, 0) is 16.6 Å².